The Kier molecular flexibility index (Phi) is 16.3. The van der Waals surface area contributed by atoms with Gasteiger partial charge in [-0.2, -0.15) is 0 Å². The normalized spacial score (nSPS) is 12.2. The van der Waals surface area contributed by atoms with Crippen molar-refractivity contribution in [1.29, 1.82) is 0 Å². The number of nitrogens with two attached hydrogens (primary N) is 1. The molecule has 15 heteroatoms. The van der Waals surface area contributed by atoms with Gasteiger partial charge in [-0.05, 0) is 17.5 Å². The molecule has 0 amide bonds. The van der Waals surface area contributed by atoms with Crippen molar-refractivity contribution in [1.82, 2.24) is 4.90 Å². The zero-order valence-electron chi connectivity index (χ0n) is 24.9. The minimum Gasteiger partial charge on any atom is -0.480 e. The van der Waals surface area contributed by atoms with Crippen LogP contribution < -0.4 is 5.73 Å². The molecule has 0 fully saturated rings. The van der Waals surface area contributed by atoms with E-state index in [2.05, 4.69) is 4.76 Å². The first kappa shape index (κ1) is 36.1. The third kappa shape index (κ3) is 14.4. The van der Waals surface area contributed by atoms with Gasteiger partial charge in [0.15, 0.2) is 0 Å². The van der Waals surface area contributed by atoms with Crippen LogP contribution in [0.4, 0.5) is 9.59 Å². The van der Waals surface area contributed by atoms with Gasteiger partial charge in [0.05, 0.1) is 26.4 Å². The number of likely N-dealkylation sites (N-methyl/N-ethyl adjacent to an activating group) is 1. The highest BCUT2D eigenvalue weighted by Crippen LogP contribution is 2.49. The molecule has 0 saturated carbocycles. The van der Waals surface area contributed by atoms with Gasteiger partial charge in [-0.3, -0.25) is 9.05 Å². The predicted molar refractivity (Wildman–Crippen MR) is 160 cm³/mol. The van der Waals surface area contributed by atoms with E-state index in [-0.39, 0.29) is 32.8 Å². The summed E-state index contributed by atoms with van der Waals surface area (Å²) in [6.45, 7) is 0.413. The van der Waals surface area contributed by atoms with Gasteiger partial charge in [-0.1, -0.05) is 74.0 Å². The van der Waals surface area contributed by atoms with E-state index in [9.17, 15) is 24.1 Å². The topological polar surface area (TPSA) is 186 Å². The van der Waals surface area contributed by atoms with E-state index in [0.29, 0.717) is 19.3 Å². The lowest BCUT2D eigenvalue weighted by Gasteiger charge is -2.26. The van der Waals surface area contributed by atoms with E-state index < -0.39 is 51.2 Å². The van der Waals surface area contributed by atoms with E-state index in [1.165, 1.54) is 7.05 Å². The van der Waals surface area contributed by atoms with E-state index in [1.54, 1.807) is 6.92 Å². The maximum atomic E-state index is 13.4. The monoisotopic (exact) mass is 637 g/mol. The van der Waals surface area contributed by atoms with Crippen molar-refractivity contribution in [3.8, 4) is 0 Å². The summed E-state index contributed by atoms with van der Waals surface area (Å²) >= 11 is 0. The van der Waals surface area contributed by atoms with Crippen molar-refractivity contribution in [3.63, 3.8) is 0 Å². The molecule has 2 rings (SSSR count). The molecule has 44 heavy (non-hydrogen) atoms. The Morgan fingerprint density at radius 2 is 1.23 bits per heavy atom. The number of aliphatic carboxylic acids is 1. The lowest BCUT2D eigenvalue weighted by Crippen LogP contribution is -2.46. The Labute approximate surface area is 256 Å². The van der Waals surface area contributed by atoms with E-state index >= 15 is 0 Å². The van der Waals surface area contributed by atoms with Crippen molar-refractivity contribution in [2.45, 2.75) is 38.6 Å². The van der Waals surface area contributed by atoms with Gasteiger partial charge in [-0.15, -0.1) is 4.76 Å². The summed E-state index contributed by atoms with van der Waals surface area (Å²) in [6, 6.07) is 17.8. The smallest absolute Gasteiger partial charge is 0.480 e. The fraction of sp³-hybridized carbons (Fsp3) is 0.448. The SMILES string of the molecule is CCCC(C(=O)O)N(C)C(N)=NP(=O)(OCCOC(=O)OCCc1ccccc1)OCCOC(=O)OCCc1ccccc1. The molecule has 0 saturated heterocycles. The average molecular weight is 638 g/mol. The van der Waals surface area contributed by atoms with Crippen molar-refractivity contribution >= 4 is 32.0 Å². The number of carboxylic acid groups (broad SMARTS) is 1. The summed E-state index contributed by atoms with van der Waals surface area (Å²) < 4.78 is 47.7. The van der Waals surface area contributed by atoms with Crippen LogP contribution in [-0.2, 0) is 50.2 Å². The number of nitrogens with zero attached hydrogens (tertiary/aromatic N) is 2. The number of carbonyl (C=O) groups excluding carboxylic acids is 2. The standard InChI is InChI=1S/C29H40N3O11P/c1-3-10-25(26(33)34)32(2)27(30)31-44(37,42-21-19-40-28(35)38-17-15-23-11-6-4-7-12-23)43-22-20-41-29(36)39-18-16-24-13-8-5-9-14-24/h4-9,11-14,25H,3,10,15-22H2,1-2H3,(H,33,34)(H2,30,31,37). The molecule has 1 atom stereocenters. The van der Waals surface area contributed by atoms with Crippen LogP contribution in [0.5, 0.6) is 0 Å². The van der Waals surface area contributed by atoms with Crippen molar-refractivity contribution in [3.05, 3.63) is 71.8 Å². The molecule has 0 bridgehead atoms. The van der Waals surface area contributed by atoms with Crippen molar-refractivity contribution < 1.29 is 52.1 Å². The summed E-state index contributed by atoms with van der Waals surface area (Å²) in [4.78, 5) is 36.6. The summed E-state index contributed by atoms with van der Waals surface area (Å²) in [7, 11) is -3.02. The van der Waals surface area contributed by atoms with E-state index in [4.69, 9.17) is 33.7 Å². The van der Waals surface area contributed by atoms with Gasteiger partial charge >= 0.3 is 26.0 Å². The number of carbonyl (C=O) groups is 3. The van der Waals surface area contributed by atoms with E-state index in [1.807, 2.05) is 60.7 Å². The second kappa shape index (κ2) is 19.9. The highest BCUT2D eigenvalue weighted by molar-refractivity contribution is 7.52. The van der Waals surface area contributed by atoms with Crippen LogP contribution in [-0.4, -0.2) is 87.0 Å². The zero-order valence-corrected chi connectivity index (χ0v) is 25.8. The molecule has 0 aromatic heterocycles. The Morgan fingerprint density at radius 3 is 1.64 bits per heavy atom. The zero-order chi connectivity index (χ0) is 32.2. The molecule has 3 N–H and O–H groups in total. The maximum absolute atomic E-state index is 13.4. The first-order chi connectivity index (χ1) is 21.1. The number of rotatable bonds is 19. The van der Waals surface area contributed by atoms with Gasteiger partial charge in [0.25, 0.3) is 0 Å². The molecule has 242 valence electrons. The summed E-state index contributed by atoms with van der Waals surface area (Å²) in [5.74, 6) is -1.57. The molecular formula is C29H40N3O11P. The molecule has 0 aliphatic rings. The lowest BCUT2D eigenvalue weighted by molar-refractivity contribution is -0.141. The number of benzene rings is 2. The largest absolute Gasteiger partial charge is 0.508 e. The van der Waals surface area contributed by atoms with Gasteiger partial charge < -0.3 is 34.7 Å². The van der Waals surface area contributed by atoms with Gasteiger partial charge in [0.1, 0.15) is 19.3 Å². The highest BCUT2D eigenvalue weighted by Gasteiger charge is 2.29. The number of hydrogen-bond donors (Lipinski definition) is 2. The highest BCUT2D eigenvalue weighted by atomic mass is 31.2. The molecule has 0 aliphatic heterocycles. The quantitative estimate of drug-likeness (QED) is 0.0726. The summed E-state index contributed by atoms with van der Waals surface area (Å²) in [6.07, 6.45) is -0.132. The molecule has 0 radical (unpaired) electrons. The number of ether oxygens (including phenoxy) is 4. The second-order valence-electron chi connectivity index (χ2n) is 9.21. The predicted octanol–water partition coefficient (Wildman–Crippen LogP) is 4.42. The van der Waals surface area contributed by atoms with E-state index in [0.717, 1.165) is 16.0 Å². The number of carboxylic acids is 1. The maximum Gasteiger partial charge on any atom is 0.508 e. The van der Waals surface area contributed by atoms with Crippen molar-refractivity contribution in [2.24, 2.45) is 10.5 Å². The first-order valence-electron chi connectivity index (χ1n) is 14.0. The minimum atomic E-state index is -4.40. The second-order valence-corrected chi connectivity index (χ2v) is 10.9. The molecule has 14 nitrogen and oxygen atoms in total. The van der Waals surface area contributed by atoms with Gasteiger partial charge in [0.2, 0.25) is 5.96 Å². The van der Waals surface area contributed by atoms with Crippen LogP contribution in [0, 0.1) is 0 Å². The van der Waals surface area contributed by atoms with Crippen molar-refractivity contribution in [2.75, 3.05) is 46.7 Å². The average Bonchev–Trinajstić information content (AvgIpc) is 3.01. The Balaban J connectivity index is 1.88. The van der Waals surface area contributed by atoms with Gasteiger partial charge in [0, 0.05) is 19.9 Å². The van der Waals surface area contributed by atoms with Crippen LogP contribution in [0.3, 0.4) is 0 Å². The third-order valence-corrected chi connectivity index (χ3v) is 7.39. The number of hydrogen-bond acceptors (Lipinski definition) is 10. The molecule has 1 unspecified atom stereocenters. The minimum absolute atomic E-state index is 0.0929. The Hall–Kier alpha value is -4.13. The fourth-order valence-electron chi connectivity index (χ4n) is 3.64. The number of guanidine groups is 1. The van der Waals surface area contributed by atoms with Crippen LogP contribution >= 0.6 is 7.75 Å². The molecule has 0 aliphatic carbocycles. The van der Waals surface area contributed by atoms with Crippen LogP contribution in [0.15, 0.2) is 65.4 Å². The molecule has 0 heterocycles. The van der Waals surface area contributed by atoms with Crippen LogP contribution in [0.25, 0.3) is 0 Å². The third-order valence-electron chi connectivity index (χ3n) is 5.92. The van der Waals surface area contributed by atoms with Gasteiger partial charge in [-0.25, -0.2) is 18.9 Å². The van der Waals surface area contributed by atoms with Crippen LogP contribution in [0.2, 0.25) is 0 Å². The Morgan fingerprint density at radius 1 is 0.795 bits per heavy atom. The lowest BCUT2D eigenvalue weighted by atomic mass is 10.1. The fourth-order valence-corrected chi connectivity index (χ4v) is 4.83. The summed E-state index contributed by atoms with van der Waals surface area (Å²) in [5.41, 5.74) is 7.92. The molecule has 2 aromatic carbocycles. The molecular weight excluding hydrogens is 597 g/mol. The van der Waals surface area contributed by atoms with Crippen LogP contribution in [0.1, 0.15) is 30.9 Å². The first-order valence-corrected chi connectivity index (χ1v) is 15.5. The summed E-state index contributed by atoms with van der Waals surface area (Å²) in [5, 5.41) is 9.52. The molecule has 2 aromatic rings. The molecule has 0 spiro atoms. The Bertz CT molecular complexity index is 1160.